The highest BCUT2D eigenvalue weighted by Crippen LogP contribution is 2.36. The van der Waals surface area contributed by atoms with Crippen molar-refractivity contribution >= 4 is 28.6 Å². The van der Waals surface area contributed by atoms with Crippen molar-refractivity contribution in [3.63, 3.8) is 0 Å². The second kappa shape index (κ2) is 8.19. The number of amides is 1. The van der Waals surface area contributed by atoms with Crippen molar-refractivity contribution in [2.24, 2.45) is 0 Å². The first-order valence-electron chi connectivity index (χ1n) is 9.69. The number of aromatic nitrogens is 2. The molecule has 0 unspecified atom stereocenters. The number of likely N-dealkylation sites (tertiary alicyclic amines) is 1. The number of rotatable bonds is 5. The number of carbonyl (C=O) groups excluding carboxylic acids is 1. The number of fused-ring (bicyclic) bond motifs is 1. The highest BCUT2D eigenvalue weighted by molar-refractivity contribution is 8.00. The highest BCUT2D eigenvalue weighted by Gasteiger charge is 2.30. The van der Waals surface area contributed by atoms with Crippen LogP contribution < -0.4 is 5.56 Å². The molecule has 2 heterocycles. The van der Waals surface area contributed by atoms with Gasteiger partial charge >= 0.3 is 0 Å². The zero-order valence-electron chi connectivity index (χ0n) is 15.9. The average Bonchev–Trinajstić information content (AvgIpc) is 3.27. The van der Waals surface area contributed by atoms with Gasteiger partial charge in [-0.05, 0) is 37.5 Å². The fourth-order valence-electron chi connectivity index (χ4n) is 3.61. The molecule has 1 fully saturated rings. The molecule has 5 nitrogen and oxygen atoms in total. The molecule has 1 atom stereocenters. The summed E-state index contributed by atoms with van der Waals surface area (Å²) in [4.78, 5) is 32.9. The Morgan fingerprint density at radius 1 is 1.07 bits per heavy atom. The molecule has 6 heteroatoms. The van der Waals surface area contributed by atoms with E-state index in [4.69, 9.17) is 4.98 Å². The maximum Gasteiger partial charge on any atom is 0.262 e. The third kappa shape index (κ3) is 3.56. The standard InChI is InChI=1S/C22H23N3O2S/c1-2-25-20(26)17-12-6-7-13-18(17)23-22(25)28-19(16-10-4-3-5-11-16)21(27)24-14-8-9-15-24/h3-7,10-13,19H,2,8-9,14-15H2,1H3/t19-/m0/s1. The largest absolute Gasteiger partial charge is 0.341 e. The van der Waals surface area contributed by atoms with Gasteiger partial charge in [-0.15, -0.1) is 0 Å². The van der Waals surface area contributed by atoms with Crippen molar-refractivity contribution in [1.29, 1.82) is 0 Å². The monoisotopic (exact) mass is 393 g/mol. The van der Waals surface area contributed by atoms with Gasteiger partial charge in [0, 0.05) is 19.6 Å². The van der Waals surface area contributed by atoms with E-state index in [0.717, 1.165) is 31.5 Å². The molecule has 0 spiro atoms. The first-order valence-corrected chi connectivity index (χ1v) is 10.6. The van der Waals surface area contributed by atoms with Crippen LogP contribution in [0.1, 0.15) is 30.6 Å². The van der Waals surface area contributed by atoms with Crippen molar-refractivity contribution in [2.75, 3.05) is 13.1 Å². The summed E-state index contributed by atoms with van der Waals surface area (Å²) in [5.74, 6) is 0.0961. The zero-order valence-corrected chi connectivity index (χ0v) is 16.7. The third-order valence-corrected chi connectivity index (χ3v) is 6.34. The summed E-state index contributed by atoms with van der Waals surface area (Å²) < 4.78 is 1.67. The van der Waals surface area contributed by atoms with Gasteiger partial charge in [0.05, 0.1) is 10.9 Å². The molecule has 0 N–H and O–H groups in total. The minimum atomic E-state index is -0.412. The number of thioether (sulfide) groups is 1. The molecule has 2 aromatic carbocycles. The summed E-state index contributed by atoms with van der Waals surface area (Å²) in [5, 5.41) is 0.786. The summed E-state index contributed by atoms with van der Waals surface area (Å²) in [7, 11) is 0. The maximum atomic E-state index is 13.3. The molecule has 0 bridgehead atoms. The number of para-hydroxylation sites is 1. The van der Waals surface area contributed by atoms with Crippen LogP contribution in [-0.4, -0.2) is 33.4 Å². The Labute approximate surface area is 168 Å². The molecule has 4 rings (SSSR count). The third-order valence-electron chi connectivity index (χ3n) is 5.11. The van der Waals surface area contributed by atoms with Crippen LogP contribution in [-0.2, 0) is 11.3 Å². The van der Waals surface area contributed by atoms with E-state index in [9.17, 15) is 9.59 Å². The van der Waals surface area contributed by atoms with Crippen LogP contribution in [0.5, 0.6) is 0 Å². The number of hydrogen-bond donors (Lipinski definition) is 0. The van der Waals surface area contributed by atoms with Gasteiger partial charge in [-0.2, -0.15) is 0 Å². The number of nitrogens with zero attached hydrogens (tertiary/aromatic N) is 3. The van der Waals surface area contributed by atoms with Gasteiger partial charge < -0.3 is 4.90 Å². The summed E-state index contributed by atoms with van der Waals surface area (Å²) in [6.07, 6.45) is 2.09. The molecule has 1 aliphatic heterocycles. The lowest BCUT2D eigenvalue weighted by atomic mass is 10.1. The Morgan fingerprint density at radius 2 is 1.75 bits per heavy atom. The van der Waals surface area contributed by atoms with E-state index in [1.54, 1.807) is 10.6 Å². The summed E-state index contributed by atoms with van der Waals surface area (Å²) >= 11 is 1.38. The lowest BCUT2D eigenvalue weighted by molar-refractivity contribution is -0.129. The Hall–Kier alpha value is -2.60. The van der Waals surface area contributed by atoms with Gasteiger partial charge in [0.2, 0.25) is 5.91 Å². The van der Waals surface area contributed by atoms with Gasteiger partial charge in [-0.3, -0.25) is 14.2 Å². The molecule has 0 radical (unpaired) electrons. The Kier molecular flexibility index (Phi) is 5.48. The van der Waals surface area contributed by atoms with Crippen LogP contribution in [0.15, 0.2) is 64.5 Å². The fourth-order valence-corrected chi connectivity index (χ4v) is 4.86. The molecular formula is C22H23N3O2S. The number of hydrogen-bond acceptors (Lipinski definition) is 4. The molecule has 1 aromatic heterocycles. The van der Waals surface area contributed by atoms with Gasteiger partial charge in [-0.1, -0.05) is 54.2 Å². The number of carbonyl (C=O) groups is 1. The highest BCUT2D eigenvalue weighted by atomic mass is 32.2. The van der Waals surface area contributed by atoms with Crippen molar-refractivity contribution in [1.82, 2.24) is 14.5 Å². The van der Waals surface area contributed by atoms with Crippen LogP contribution in [0.3, 0.4) is 0 Å². The van der Waals surface area contributed by atoms with Gasteiger partial charge in [0.25, 0.3) is 5.56 Å². The minimum absolute atomic E-state index is 0.0592. The molecular weight excluding hydrogens is 370 g/mol. The smallest absolute Gasteiger partial charge is 0.262 e. The first-order chi connectivity index (χ1) is 13.7. The van der Waals surface area contributed by atoms with Crippen LogP contribution in [0, 0.1) is 0 Å². The second-order valence-corrected chi connectivity index (χ2v) is 7.97. The topological polar surface area (TPSA) is 55.2 Å². The predicted molar refractivity (Wildman–Crippen MR) is 113 cm³/mol. The average molecular weight is 394 g/mol. The Bertz CT molecular complexity index is 1040. The normalized spacial score (nSPS) is 15.1. The molecule has 1 saturated heterocycles. The fraction of sp³-hybridized carbons (Fsp3) is 0.318. The first kappa shape index (κ1) is 18.7. The van der Waals surface area contributed by atoms with Crippen LogP contribution in [0.4, 0.5) is 0 Å². The quantitative estimate of drug-likeness (QED) is 0.488. The Balaban J connectivity index is 1.78. The molecule has 144 valence electrons. The van der Waals surface area contributed by atoms with Gasteiger partial charge in [0.1, 0.15) is 5.25 Å². The van der Waals surface area contributed by atoms with Crippen LogP contribution in [0.2, 0.25) is 0 Å². The van der Waals surface area contributed by atoms with Crippen molar-refractivity contribution in [3.8, 4) is 0 Å². The molecule has 1 aliphatic rings. The molecule has 3 aromatic rings. The van der Waals surface area contributed by atoms with Gasteiger partial charge in [-0.25, -0.2) is 4.98 Å². The summed E-state index contributed by atoms with van der Waals surface area (Å²) in [6, 6.07) is 17.2. The lowest BCUT2D eigenvalue weighted by Gasteiger charge is -2.24. The zero-order chi connectivity index (χ0) is 19.5. The molecule has 1 amide bonds. The van der Waals surface area contributed by atoms with E-state index in [1.165, 1.54) is 11.8 Å². The van der Waals surface area contributed by atoms with Crippen molar-refractivity contribution in [2.45, 2.75) is 36.7 Å². The van der Waals surface area contributed by atoms with E-state index in [1.807, 2.05) is 60.4 Å². The maximum absolute atomic E-state index is 13.3. The summed E-state index contributed by atoms with van der Waals surface area (Å²) in [5.41, 5.74) is 1.55. The molecule has 0 aliphatic carbocycles. The van der Waals surface area contributed by atoms with E-state index in [-0.39, 0.29) is 11.5 Å². The van der Waals surface area contributed by atoms with Crippen LogP contribution in [0.25, 0.3) is 10.9 Å². The van der Waals surface area contributed by atoms with E-state index in [2.05, 4.69) is 0 Å². The van der Waals surface area contributed by atoms with Crippen LogP contribution >= 0.6 is 11.8 Å². The minimum Gasteiger partial charge on any atom is -0.341 e. The van der Waals surface area contributed by atoms with E-state index < -0.39 is 5.25 Å². The Morgan fingerprint density at radius 3 is 2.46 bits per heavy atom. The van der Waals surface area contributed by atoms with Crippen molar-refractivity contribution in [3.05, 3.63) is 70.5 Å². The molecule has 28 heavy (non-hydrogen) atoms. The summed E-state index contributed by atoms with van der Waals surface area (Å²) in [6.45, 7) is 4.04. The predicted octanol–water partition coefficient (Wildman–Crippen LogP) is 3.87. The molecule has 0 saturated carbocycles. The SMILES string of the molecule is CCn1c(S[C@H](C(=O)N2CCCC2)c2ccccc2)nc2ccccc2c1=O. The van der Waals surface area contributed by atoms with Crippen molar-refractivity contribution < 1.29 is 4.79 Å². The van der Waals surface area contributed by atoms with Gasteiger partial charge in [0.15, 0.2) is 5.16 Å². The van der Waals surface area contributed by atoms with E-state index in [0.29, 0.717) is 22.6 Å². The number of benzene rings is 2. The lowest BCUT2D eigenvalue weighted by Crippen LogP contribution is -2.32. The van der Waals surface area contributed by atoms with E-state index >= 15 is 0 Å². The second-order valence-electron chi connectivity index (χ2n) is 6.90.